The zero-order valence-corrected chi connectivity index (χ0v) is 9.74. The van der Waals surface area contributed by atoms with E-state index in [1.165, 1.54) is 0 Å². The first kappa shape index (κ1) is 11.3. The van der Waals surface area contributed by atoms with Crippen LogP contribution in [0, 0.1) is 11.3 Å². The van der Waals surface area contributed by atoms with Crippen LogP contribution < -0.4 is 10.6 Å². The number of hydrogen-bond donors (Lipinski definition) is 1. The minimum Gasteiger partial charge on any atom is -0.369 e. The number of nitriles is 1. The Labute approximate surface area is 100 Å². The lowest BCUT2D eigenvalue weighted by atomic mass is 10.0. The first-order valence-electron chi connectivity index (χ1n) is 5.41. The molecular weight excluding hydrogens is 222 g/mol. The van der Waals surface area contributed by atoms with Gasteiger partial charge in [-0.1, -0.05) is 11.6 Å². The number of halogens is 1. The summed E-state index contributed by atoms with van der Waals surface area (Å²) in [7, 11) is 0. The first-order chi connectivity index (χ1) is 7.70. The summed E-state index contributed by atoms with van der Waals surface area (Å²) in [6.07, 6.45) is 2.14. The van der Waals surface area contributed by atoms with Gasteiger partial charge in [-0.15, -0.1) is 0 Å². The molecule has 1 saturated heterocycles. The van der Waals surface area contributed by atoms with Crippen LogP contribution in [-0.4, -0.2) is 19.1 Å². The zero-order chi connectivity index (χ0) is 11.5. The molecule has 0 bridgehead atoms. The normalized spacial score (nSPS) is 20.6. The molecule has 3 nitrogen and oxygen atoms in total. The van der Waals surface area contributed by atoms with E-state index in [9.17, 15) is 0 Å². The van der Waals surface area contributed by atoms with Gasteiger partial charge in [0.15, 0.2) is 0 Å². The maximum absolute atomic E-state index is 9.07. The number of piperidine rings is 1. The van der Waals surface area contributed by atoms with Crippen LogP contribution in [0.5, 0.6) is 0 Å². The van der Waals surface area contributed by atoms with Gasteiger partial charge >= 0.3 is 0 Å². The summed E-state index contributed by atoms with van der Waals surface area (Å²) in [6, 6.07) is 7.81. The monoisotopic (exact) mass is 235 g/mol. The maximum Gasteiger partial charge on any atom is 0.101 e. The third-order valence-electron chi connectivity index (χ3n) is 2.88. The number of nitrogens with two attached hydrogens (primary N) is 1. The molecule has 1 aliphatic rings. The Bertz CT molecular complexity index is 425. The predicted molar refractivity (Wildman–Crippen MR) is 65.6 cm³/mol. The molecule has 1 atom stereocenters. The lowest BCUT2D eigenvalue weighted by Crippen LogP contribution is -2.43. The van der Waals surface area contributed by atoms with Crippen LogP contribution in [0.4, 0.5) is 5.69 Å². The SMILES string of the molecule is N#Cc1cc(Cl)ccc1N1CCCC(N)C1. The molecule has 0 aromatic heterocycles. The summed E-state index contributed by atoms with van der Waals surface area (Å²) in [5.74, 6) is 0. The summed E-state index contributed by atoms with van der Waals surface area (Å²) >= 11 is 5.87. The van der Waals surface area contributed by atoms with Gasteiger partial charge in [0.25, 0.3) is 0 Å². The van der Waals surface area contributed by atoms with E-state index in [1.54, 1.807) is 6.07 Å². The number of rotatable bonds is 1. The van der Waals surface area contributed by atoms with Crippen molar-refractivity contribution in [3.8, 4) is 6.07 Å². The molecule has 84 valence electrons. The van der Waals surface area contributed by atoms with Crippen molar-refractivity contribution in [1.29, 1.82) is 5.26 Å². The van der Waals surface area contributed by atoms with Gasteiger partial charge in [-0.2, -0.15) is 5.26 Å². The van der Waals surface area contributed by atoms with Crippen molar-refractivity contribution in [2.75, 3.05) is 18.0 Å². The van der Waals surface area contributed by atoms with Crippen molar-refractivity contribution >= 4 is 17.3 Å². The highest BCUT2D eigenvalue weighted by Crippen LogP contribution is 2.26. The average molecular weight is 236 g/mol. The summed E-state index contributed by atoms with van der Waals surface area (Å²) in [4.78, 5) is 2.17. The molecule has 0 amide bonds. The van der Waals surface area contributed by atoms with Crippen molar-refractivity contribution in [1.82, 2.24) is 0 Å². The second-order valence-corrected chi connectivity index (χ2v) is 4.56. The highest BCUT2D eigenvalue weighted by atomic mass is 35.5. The molecule has 1 heterocycles. The quantitative estimate of drug-likeness (QED) is 0.812. The van der Waals surface area contributed by atoms with Crippen LogP contribution in [-0.2, 0) is 0 Å². The highest BCUT2D eigenvalue weighted by molar-refractivity contribution is 6.30. The molecule has 0 radical (unpaired) electrons. The first-order valence-corrected chi connectivity index (χ1v) is 5.78. The molecule has 1 aromatic carbocycles. The largest absolute Gasteiger partial charge is 0.369 e. The average Bonchev–Trinajstić information content (AvgIpc) is 2.28. The molecule has 0 spiro atoms. The van der Waals surface area contributed by atoms with E-state index in [2.05, 4.69) is 11.0 Å². The van der Waals surface area contributed by atoms with Gasteiger partial charge in [0.05, 0.1) is 11.3 Å². The highest BCUT2D eigenvalue weighted by Gasteiger charge is 2.19. The topological polar surface area (TPSA) is 53.0 Å². The Balaban J connectivity index is 2.29. The Kier molecular flexibility index (Phi) is 3.33. The number of anilines is 1. The summed E-state index contributed by atoms with van der Waals surface area (Å²) < 4.78 is 0. The van der Waals surface area contributed by atoms with Gasteiger partial charge in [0.1, 0.15) is 6.07 Å². The summed E-state index contributed by atoms with van der Waals surface area (Å²) in [5.41, 5.74) is 7.51. The van der Waals surface area contributed by atoms with Crippen molar-refractivity contribution in [2.24, 2.45) is 5.73 Å². The minimum atomic E-state index is 0.205. The third-order valence-corrected chi connectivity index (χ3v) is 3.11. The van der Waals surface area contributed by atoms with Crippen molar-refractivity contribution in [2.45, 2.75) is 18.9 Å². The van der Waals surface area contributed by atoms with Crippen LogP contribution in [0.15, 0.2) is 18.2 Å². The standard InChI is InChI=1S/C12H14ClN3/c13-10-3-4-12(9(6-10)7-14)16-5-1-2-11(15)8-16/h3-4,6,11H,1-2,5,8,15H2. The summed E-state index contributed by atoms with van der Waals surface area (Å²) in [5, 5.41) is 9.67. The lowest BCUT2D eigenvalue weighted by Gasteiger charge is -2.33. The Morgan fingerprint density at radius 2 is 2.31 bits per heavy atom. The second kappa shape index (κ2) is 4.73. The van der Waals surface area contributed by atoms with Gasteiger partial charge in [0.2, 0.25) is 0 Å². The number of hydrogen-bond acceptors (Lipinski definition) is 3. The van der Waals surface area contributed by atoms with Crippen molar-refractivity contribution < 1.29 is 0 Å². The van der Waals surface area contributed by atoms with Crippen molar-refractivity contribution in [3.05, 3.63) is 28.8 Å². The van der Waals surface area contributed by atoms with E-state index in [0.29, 0.717) is 10.6 Å². The van der Waals surface area contributed by atoms with Crippen LogP contribution >= 0.6 is 11.6 Å². The molecule has 4 heteroatoms. The fraction of sp³-hybridized carbons (Fsp3) is 0.417. The fourth-order valence-electron chi connectivity index (χ4n) is 2.10. The van der Waals surface area contributed by atoms with Gasteiger partial charge in [-0.3, -0.25) is 0 Å². The molecule has 1 unspecified atom stereocenters. The van der Waals surface area contributed by atoms with E-state index in [0.717, 1.165) is 31.6 Å². The zero-order valence-electron chi connectivity index (χ0n) is 8.99. The second-order valence-electron chi connectivity index (χ2n) is 4.12. The molecule has 1 fully saturated rings. The van der Waals surface area contributed by atoms with E-state index in [-0.39, 0.29) is 6.04 Å². The van der Waals surface area contributed by atoms with E-state index < -0.39 is 0 Å². The minimum absolute atomic E-state index is 0.205. The number of benzene rings is 1. The smallest absolute Gasteiger partial charge is 0.101 e. The predicted octanol–water partition coefficient (Wildman–Crippen LogP) is 2.14. The van der Waals surface area contributed by atoms with Gasteiger partial charge in [0, 0.05) is 24.2 Å². The van der Waals surface area contributed by atoms with E-state index >= 15 is 0 Å². The van der Waals surface area contributed by atoms with Crippen LogP contribution in [0.3, 0.4) is 0 Å². The molecule has 2 rings (SSSR count). The van der Waals surface area contributed by atoms with Crippen molar-refractivity contribution in [3.63, 3.8) is 0 Å². The van der Waals surface area contributed by atoms with Crippen LogP contribution in [0.1, 0.15) is 18.4 Å². The molecule has 2 N–H and O–H groups in total. The van der Waals surface area contributed by atoms with Crippen LogP contribution in [0.25, 0.3) is 0 Å². The molecule has 0 saturated carbocycles. The Hall–Kier alpha value is -1.24. The Morgan fingerprint density at radius 1 is 1.50 bits per heavy atom. The summed E-state index contributed by atoms with van der Waals surface area (Å²) in [6.45, 7) is 1.78. The molecule has 1 aliphatic heterocycles. The van der Waals surface area contributed by atoms with Gasteiger partial charge in [-0.05, 0) is 31.0 Å². The Morgan fingerprint density at radius 3 is 3.00 bits per heavy atom. The van der Waals surface area contributed by atoms with E-state index in [1.807, 2.05) is 12.1 Å². The molecule has 0 aliphatic carbocycles. The third kappa shape index (κ3) is 2.29. The molecule has 1 aromatic rings. The fourth-order valence-corrected chi connectivity index (χ4v) is 2.27. The number of nitrogens with zero attached hydrogens (tertiary/aromatic N) is 2. The van der Waals surface area contributed by atoms with Crippen LogP contribution in [0.2, 0.25) is 5.02 Å². The molecule has 16 heavy (non-hydrogen) atoms. The maximum atomic E-state index is 9.07. The molecular formula is C12H14ClN3. The van der Waals surface area contributed by atoms with Gasteiger partial charge in [-0.25, -0.2) is 0 Å². The van der Waals surface area contributed by atoms with Gasteiger partial charge < -0.3 is 10.6 Å². The van der Waals surface area contributed by atoms with E-state index in [4.69, 9.17) is 22.6 Å². The lowest BCUT2D eigenvalue weighted by molar-refractivity contribution is 0.506.